The minimum Gasteiger partial charge on any atom is -0.455 e. The SMILES string of the molecule is CC(=O)Nc1cccc(NC(=O)COC(=O)[C@H]2CC(=O)N(c3cccc(C)c3C)C2)c1. The Morgan fingerprint density at radius 1 is 1.06 bits per heavy atom. The molecular weight excluding hydrogens is 398 g/mol. The van der Waals surface area contributed by atoms with Crippen molar-refractivity contribution in [2.45, 2.75) is 27.2 Å². The summed E-state index contributed by atoms with van der Waals surface area (Å²) in [5.74, 6) is -2.08. The number of nitrogens with one attached hydrogen (secondary N) is 2. The van der Waals surface area contributed by atoms with E-state index < -0.39 is 24.4 Å². The van der Waals surface area contributed by atoms with E-state index in [4.69, 9.17) is 4.74 Å². The fraction of sp³-hybridized carbons (Fsp3) is 0.304. The van der Waals surface area contributed by atoms with Gasteiger partial charge in [0.2, 0.25) is 11.8 Å². The van der Waals surface area contributed by atoms with E-state index in [-0.39, 0.29) is 24.8 Å². The Hall–Kier alpha value is -3.68. The normalized spacial score (nSPS) is 15.5. The average Bonchev–Trinajstić information content (AvgIpc) is 3.09. The molecule has 0 radical (unpaired) electrons. The van der Waals surface area contributed by atoms with Gasteiger partial charge in [0.15, 0.2) is 6.61 Å². The van der Waals surface area contributed by atoms with Gasteiger partial charge < -0.3 is 20.3 Å². The zero-order chi connectivity index (χ0) is 22.5. The first-order valence-corrected chi connectivity index (χ1v) is 9.95. The molecule has 0 unspecified atom stereocenters. The van der Waals surface area contributed by atoms with Crippen molar-refractivity contribution in [2.24, 2.45) is 5.92 Å². The highest BCUT2D eigenvalue weighted by molar-refractivity contribution is 6.00. The van der Waals surface area contributed by atoms with Crippen LogP contribution in [-0.4, -0.2) is 36.8 Å². The van der Waals surface area contributed by atoms with Crippen molar-refractivity contribution in [3.8, 4) is 0 Å². The van der Waals surface area contributed by atoms with Gasteiger partial charge in [0.1, 0.15) is 0 Å². The Labute approximate surface area is 180 Å². The monoisotopic (exact) mass is 423 g/mol. The molecule has 1 saturated heterocycles. The Morgan fingerprint density at radius 2 is 1.74 bits per heavy atom. The van der Waals surface area contributed by atoms with Gasteiger partial charge in [-0.15, -0.1) is 0 Å². The first-order valence-electron chi connectivity index (χ1n) is 9.95. The molecule has 0 spiro atoms. The summed E-state index contributed by atoms with van der Waals surface area (Å²) in [7, 11) is 0. The lowest BCUT2D eigenvalue weighted by Crippen LogP contribution is -2.28. The molecule has 0 aromatic heterocycles. The first-order chi connectivity index (χ1) is 14.7. The van der Waals surface area contributed by atoms with Gasteiger partial charge >= 0.3 is 5.97 Å². The number of ether oxygens (including phenoxy) is 1. The fourth-order valence-corrected chi connectivity index (χ4v) is 3.46. The highest BCUT2D eigenvalue weighted by atomic mass is 16.5. The summed E-state index contributed by atoms with van der Waals surface area (Å²) in [6.07, 6.45) is 0.0482. The third-order valence-electron chi connectivity index (χ3n) is 5.14. The molecule has 0 aliphatic carbocycles. The molecule has 1 heterocycles. The van der Waals surface area contributed by atoms with E-state index in [0.29, 0.717) is 11.4 Å². The number of benzene rings is 2. The maximum Gasteiger partial charge on any atom is 0.311 e. The second-order valence-corrected chi connectivity index (χ2v) is 7.54. The Kier molecular flexibility index (Phi) is 6.69. The molecule has 3 amide bonds. The molecule has 0 bridgehead atoms. The molecular formula is C23H25N3O5. The minimum absolute atomic E-state index is 0.0482. The van der Waals surface area contributed by atoms with E-state index in [2.05, 4.69) is 10.6 Å². The molecule has 2 aromatic rings. The summed E-state index contributed by atoms with van der Waals surface area (Å²) in [6.45, 7) is 5.06. The van der Waals surface area contributed by atoms with E-state index >= 15 is 0 Å². The highest BCUT2D eigenvalue weighted by Crippen LogP contribution is 2.29. The van der Waals surface area contributed by atoms with Crippen LogP contribution in [0.25, 0.3) is 0 Å². The Morgan fingerprint density at radius 3 is 2.45 bits per heavy atom. The number of amides is 3. The van der Waals surface area contributed by atoms with E-state index in [1.165, 1.54) is 6.92 Å². The number of carbonyl (C=O) groups is 4. The second-order valence-electron chi connectivity index (χ2n) is 7.54. The van der Waals surface area contributed by atoms with Gasteiger partial charge in [-0.3, -0.25) is 19.2 Å². The third-order valence-corrected chi connectivity index (χ3v) is 5.14. The molecule has 2 aromatic carbocycles. The summed E-state index contributed by atoms with van der Waals surface area (Å²) in [5.41, 5.74) is 3.85. The number of rotatable bonds is 6. The lowest BCUT2D eigenvalue weighted by Gasteiger charge is -2.20. The highest BCUT2D eigenvalue weighted by Gasteiger charge is 2.37. The number of anilines is 3. The molecule has 31 heavy (non-hydrogen) atoms. The van der Waals surface area contributed by atoms with Crippen LogP contribution in [0.2, 0.25) is 0 Å². The average molecular weight is 423 g/mol. The summed E-state index contributed by atoms with van der Waals surface area (Å²) >= 11 is 0. The van der Waals surface area contributed by atoms with E-state index in [9.17, 15) is 19.2 Å². The molecule has 1 aliphatic rings. The van der Waals surface area contributed by atoms with Crippen LogP contribution in [0, 0.1) is 19.8 Å². The second kappa shape index (κ2) is 9.42. The molecule has 162 valence electrons. The lowest BCUT2D eigenvalue weighted by atomic mass is 10.1. The van der Waals surface area contributed by atoms with Crippen LogP contribution >= 0.6 is 0 Å². The van der Waals surface area contributed by atoms with Crippen LogP contribution in [-0.2, 0) is 23.9 Å². The standard InChI is InChI=1S/C23H25N3O5/c1-14-6-4-9-20(15(14)2)26-12-17(10-22(26)29)23(30)31-13-21(28)25-19-8-5-7-18(11-19)24-16(3)27/h4-9,11,17H,10,12-13H2,1-3H3,(H,24,27)(H,25,28)/t17-/m0/s1. The van der Waals surface area contributed by atoms with Gasteiger partial charge in [-0.2, -0.15) is 0 Å². The maximum absolute atomic E-state index is 12.4. The van der Waals surface area contributed by atoms with Crippen LogP contribution in [0.3, 0.4) is 0 Å². The molecule has 1 atom stereocenters. The smallest absolute Gasteiger partial charge is 0.311 e. The van der Waals surface area contributed by atoms with Gasteiger partial charge in [-0.05, 0) is 49.2 Å². The van der Waals surface area contributed by atoms with Crippen molar-refractivity contribution in [2.75, 3.05) is 28.7 Å². The van der Waals surface area contributed by atoms with Crippen molar-refractivity contribution in [3.05, 3.63) is 53.6 Å². The summed E-state index contributed by atoms with van der Waals surface area (Å²) in [6, 6.07) is 12.3. The van der Waals surface area contributed by atoms with Gasteiger partial charge in [-0.25, -0.2) is 0 Å². The van der Waals surface area contributed by atoms with E-state index in [0.717, 1.165) is 16.8 Å². The molecule has 1 aliphatic heterocycles. The lowest BCUT2D eigenvalue weighted by molar-refractivity contribution is -0.151. The molecule has 8 nitrogen and oxygen atoms in total. The Bertz CT molecular complexity index is 1030. The number of carbonyl (C=O) groups excluding carboxylic acids is 4. The topological polar surface area (TPSA) is 105 Å². The quantitative estimate of drug-likeness (QED) is 0.695. The zero-order valence-electron chi connectivity index (χ0n) is 17.7. The summed E-state index contributed by atoms with van der Waals surface area (Å²) in [4.78, 5) is 49.8. The summed E-state index contributed by atoms with van der Waals surface area (Å²) < 4.78 is 5.14. The van der Waals surface area contributed by atoms with Gasteiger partial charge in [0, 0.05) is 37.0 Å². The predicted molar refractivity (Wildman–Crippen MR) is 117 cm³/mol. The maximum atomic E-state index is 12.4. The van der Waals surface area contributed by atoms with Crippen LogP contribution in [0.15, 0.2) is 42.5 Å². The van der Waals surface area contributed by atoms with Crippen molar-refractivity contribution in [1.29, 1.82) is 0 Å². The Balaban J connectivity index is 1.54. The van der Waals surface area contributed by atoms with Gasteiger partial charge in [0.25, 0.3) is 5.91 Å². The number of esters is 1. The van der Waals surface area contributed by atoms with Gasteiger partial charge in [-0.1, -0.05) is 18.2 Å². The number of aryl methyl sites for hydroxylation is 1. The summed E-state index contributed by atoms with van der Waals surface area (Å²) in [5, 5.41) is 5.24. The van der Waals surface area contributed by atoms with Gasteiger partial charge in [0.05, 0.1) is 5.92 Å². The van der Waals surface area contributed by atoms with E-state index in [1.54, 1.807) is 29.2 Å². The minimum atomic E-state index is -0.622. The van der Waals surface area contributed by atoms with Crippen molar-refractivity contribution in [3.63, 3.8) is 0 Å². The zero-order valence-corrected chi connectivity index (χ0v) is 17.7. The molecule has 0 saturated carbocycles. The first kappa shape index (κ1) is 22.0. The third kappa shape index (κ3) is 5.48. The number of nitrogens with zero attached hydrogens (tertiary/aromatic N) is 1. The van der Waals surface area contributed by atoms with Crippen molar-refractivity contribution in [1.82, 2.24) is 0 Å². The molecule has 1 fully saturated rings. The van der Waals surface area contributed by atoms with Crippen LogP contribution < -0.4 is 15.5 Å². The predicted octanol–water partition coefficient (Wildman–Crippen LogP) is 2.80. The van der Waals surface area contributed by atoms with Crippen LogP contribution in [0.4, 0.5) is 17.1 Å². The molecule has 8 heteroatoms. The van der Waals surface area contributed by atoms with Crippen molar-refractivity contribution < 1.29 is 23.9 Å². The molecule has 3 rings (SSSR count). The van der Waals surface area contributed by atoms with Crippen molar-refractivity contribution >= 4 is 40.8 Å². The largest absolute Gasteiger partial charge is 0.455 e. The fourth-order valence-electron chi connectivity index (χ4n) is 3.46. The van der Waals surface area contributed by atoms with Crippen LogP contribution in [0.1, 0.15) is 24.5 Å². The van der Waals surface area contributed by atoms with Crippen LogP contribution in [0.5, 0.6) is 0 Å². The van der Waals surface area contributed by atoms with E-state index in [1.807, 2.05) is 32.0 Å². The number of hydrogen-bond acceptors (Lipinski definition) is 5. The molecule has 2 N–H and O–H groups in total. The number of hydrogen-bond donors (Lipinski definition) is 2.